The predicted octanol–water partition coefficient (Wildman–Crippen LogP) is 2.36. The topological polar surface area (TPSA) is 54.5 Å². The molecule has 5 nitrogen and oxygen atoms in total. The molecule has 0 radical (unpaired) electrons. The van der Waals surface area contributed by atoms with E-state index in [1.165, 1.54) is 5.56 Å². The van der Waals surface area contributed by atoms with Gasteiger partial charge in [0.1, 0.15) is 0 Å². The number of hydrogen-bond donors (Lipinski definition) is 1. The first kappa shape index (κ1) is 17.1. The van der Waals surface area contributed by atoms with Gasteiger partial charge in [-0.3, -0.25) is 9.69 Å². The summed E-state index contributed by atoms with van der Waals surface area (Å²) in [6.45, 7) is 5.80. The van der Waals surface area contributed by atoms with E-state index in [0.717, 1.165) is 30.2 Å². The number of carbonyl (C=O) groups excluding carboxylic acids is 1. The van der Waals surface area contributed by atoms with Gasteiger partial charge in [0.25, 0.3) is 0 Å². The van der Waals surface area contributed by atoms with Crippen molar-refractivity contribution in [2.24, 2.45) is 0 Å². The van der Waals surface area contributed by atoms with Crippen LogP contribution in [0.25, 0.3) is 0 Å². The fourth-order valence-corrected chi connectivity index (χ4v) is 3.56. The fourth-order valence-electron chi connectivity index (χ4n) is 2.84. The highest BCUT2D eigenvalue weighted by Gasteiger charge is 2.23. The quantitative estimate of drug-likeness (QED) is 0.873. The normalized spacial score (nSPS) is 18.5. The van der Waals surface area contributed by atoms with Gasteiger partial charge in [-0.15, -0.1) is 11.3 Å². The molecule has 1 aliphatic rings. The van der Waals surface area contributed by atoms with Crippen LogP contribution in [0.15, 0.2) is 35.8 Å². The minimum atomic E-state index is -0.0370. The molecule has 1 atom stereocenters. The Kier molecular flexibility index (Phi) is 5.96. The smallest absolute Gasteiger partial charge is 0.222 e. The van der Waals surface area contributed by atoms with E-state index in [-0.39, 0.29) is 12.0 Å². The highest BCUT2D eigenvalue weighted by molar-refractivity contribution is 7.09. The Balaban J connectivity index is 1.44. The van der Waals surface area contributed by atoms with Crippen LogP contribution in [0, 0.1) is 6.92 Å². The number of carbonyl (C=O) groups is 1. The maximum Gasteiger partial charge on any atom is 0.222 e. The zero-order chi connectivity index (χ0) is 16.8. The highest BCUT2D eigenvalue weighted by atomic mass is 32.1. The fraction of sp³-hybridized carbons (Fsp3) is 0.444. The molecular formula is C18H23N3O2S. The molecule has 3 rings (SSSR count). The van der Waals surface area contributed by atoms with Gasteiger partial charge in [-0.25, -0.2) is 4.98 Å². The van der Waals surface area contributed by atoms with Crippen molar-refractivity contribution in [3.63, 3.8) is 0 Å². The molecule has 2 aromatic rings. The Bertz CT molecular complexity index is 659. The van der Waals surface area contributed by atoms with E-state index in [4.69, 9.17) is 4.74 Å². The Labute approximate surface area is 146 Å². The summed E-state index contributed by atoms with van der Waals surface area (Å²) in [4.78, 5) is 19.8. The van der Waals surface area contributed by atoms with E-state index in [9.17, 15) is 4.79 Å². The molecule has 0 saturated carbocycles. The van der Waals surface area contributed by atoms with Crippen molar-refractivity contribution in [2.75, 3.05) is 19.7 Å². The van der Waals surface area contributed by atoms with Gasteiger partial charge in [0.05, 0.1) is 36.9 Å². The molecule has 0 unspecified atom stereocenters. The van der Waals surface area contributed by atoms with Crippen LogP contribution in [-0.4, -0.2) is 41.6 Å². The summed E-state index contributed by atoms with van der Waals surface area (Å²) >= 11 is 1.57. The lowest BCUT2D eigenvalue weighted by Gasteiger charge is -2.32. The summed E-state index contributed by atoms with van der Waals surface area (Å²) < 4.78 is 5.77. The zero-order valence-corrected chi connectivity index (χ0v) is 14.7. The van der Waals surface area contributed by atoms with Crippen LogP contribution in [0.2, 0.25) is 0 Å². The Morgan fingerprint density at radius 3 is 3.00 bits per heavy atom. The first-order valence-corrected chi connectivity index (χ1v) is 9.12. The Morgan fingerprint density at radius 2 is 2.25 bits per heavy atom. The van der Waals surface area contributed by atoms with E-state index in [2.05, 4.69) is 39.5 Å². The van der Waals surface area contributed by atoms with Crippen molar-refractivity contribution in [2.45, 2.75) is 32.5 Å². The summed E-state index contributed by atoms with van der Waals surface area (Å²) in [5, 5.41) is 2.97. The van der Waals surface area contributed by atoms with Crippen molar-refractivity contribution >= 4 is 17.2 Å². The Morgan fingerprint density at radius 1 is 1.42 bits per heavy atom. The van der Waals surface area contributed by atoms with E-state index in [1.807, 2.05) is 18.5 Å². The summed E-state index contributed by atoms with van der Waals surface area (Å²) in [5.41, 5.74) is 4.09. The third kappa shape index (κ3) is 4.87. The molecule has 24 heavy (non-hydrogen) atoms. The predicted molar refractivity (Wildman–Crippen MR) is 94.8 cm³/mol. The van der Waals surface area contributed by atoms with Gasteiger partial charge in [-0.1, -0.05) is 30.3 Å². The summed E-state index contributed by atoms with van der Waals surface area (Å²) in [5.74, 6) is 0.0364. The number of thiazole rings is 1. The lowest BCUT2D eigenvalue weighted by atomic mass is 10.1. The maximum atomic E-state index is 12.2. The molecule has 6 heteroatoms. The molecule has 0 bridgehead atoms. The molecule has 1 aliphatic heterocycles. The molecule has 1 fully saturated rings. The number of nitrogens with zero attached hydrogens (tertiary/aromatic N) is 2. The molecule has 1 aromatic heterocycles. The molecule has 0 spiro atoms. The van der Waals surface area contributed by atoms with Crippen LogP contribution in [0.1, 0.15) is 22.6 Å². The van der Waals surface area contributed by atoms with Crippen LogP contribution in [0.4, 0.5) is 0 Å². The largest absolute Gasteiger partial charge is 0.375 e. The molecule has 128 valence electrons. The monoisotopic (exact) mass is 345 g/mol. The number of aryl methyl sites for hydroxylation is 1. The van der Waals surface area contributed by atoms with Crippen molar-refractivity contribution in [3.8, 4) is 0 Å². The number of nitrogens with one attached hydrogen (secondary N) is 1. The van der Waals surface area contributed by atoms with Crippen molar-refractivity contribution in [1.82, 2.24) is 15.2 Å². The molecule has 1 aromatic carbocycles. The van der Waals surface area contributed by atoms with Gasteiger partial charge in [-0.2, -0.15) is 0 Å². The van der Waals surface area contributed by atoms with Gasteiger partial charge < -0.3 is 10.1 Å². The second kappa shape index (κ2) is 8.37. The van der Waals surface area contributed by atoms with Crippen LogP contribution in [-0.2, 0) is 22.6 Å². The zero-order valence-electron chi connectivity index (χ0n) is 13.9. The number of morpholine rings is 1. The lowest BCUT2D eigenvalue weighted by molar-refractivity contribution is -0.126. The van der Waals surface area contributed by atoms with Gasteiger partial charge in [-0.05, 0) is 12.5 Å². The van der Waals surface area contributed by atoms with Crippen molar-refractivity contribution < 1.29 is 9.53 Å². The maximum absolute atomic E-state index is 12.2. The van der Waals surface area contributed by atoms with Gasteiger partial charge in [0, 0.05) is 24.5 Å². The molecule has 1 saturated heterocycles. The minimum Gasteiger partial charge on any atom is -0.375 e. The van der Waals surface area contributed by atoms with Crippen molar-refractivity contribution in [3.05, 3.63) is 52.0 Å². The van der Waals surface area contributed by atoms with E-state index >= 15 is 0 Å². The molecule has 0 aliphatic carbocycles. The van der Waals surface area contributed by atoms with Gasteiger partial charge in [0.15, 0.2) is 0 Å². The van der Waals surface area contributed by atoms with Crippen LogP contribution < -0.4 is 5.32 Å². The first-order chi connectivity index (χ1) is 11.7. The summed E-state index contributed by atoms with van der Waals surface area (Å²) in [7, 11) is 0. The van der Waals surface area contributed by atoms with Crippen LogP contribution in [0.5, 0.6) is 0 Å². The average Bonchev–Trinajstić information content (AvgIpc) is 2.99. The second-order valence-corrected chi connectivity index (χ2v) is 6.99. The van der Waals surface area contributed by atoms with Gasteiger partial charge >= 0.3 is 0 Å². The molecule has 1 N–H and O–H groups in total. The number of amides is 1. The minimum absolute atomic E-state index is 0.0364. The van der Waals surface area contributed by atoms with Crippen LogP contribution >= 0.6 is 11.3 Å². The van der Waals surface area contributed by atoms with Crippen LogP contribution in [0.3, 0.4) is 0 Å². The number of rotatable bonds is 6. The number of aromatic nitrogens is 1. The number of ether oxygens (including phenoxy) is 1. The standard InChI is InChI=1S/C18H23N3O2S/c1-14-17(24-13-20-14)10-19-18(22)9-16-12-21(7-8-23-16)11-15-5-3-2-4-6-15/h2-6,13,16H,7-12H2,1H3,(H,19,22)/t16-/m1/s1. The van der Waals surface area contributed by atoms with Gasteiger partial charge in [0.2, 0.25) is 5.91 Å². The van der Waals surface area contributed by atoms with E-state index in [1.54, 1.807) is 11.3 Å². The first-order valence-electron chi connectivity index (χ1n) is 8.24. The number of hydrogen-bond acceptors (Lipinski definition) is 5. The molecule has 2 heterocycles. The Hall–Kier alpha value is -1.76. The lowest BCUT2D eigenvalue weighted by Crippen LogP contribution is -2.44. The van der Waals surface area contributed by atoms with E-state index < -0.39 is 0 Å². The summed E-state index contributed by atoms with van der Waals surface area (Å²) in [6, 6.07) is 10.4. The number of benzene rings is 1. The SMILES string of the molecule is Cc1ncsc1CNC(=O)C[C@@H]1CN(Cc2ccccc2)CCO1. The molecular weight excluding hydrogens is 322 g/mol. The van der Waals surface area contributed by atoms with E-state index in [0.29, 0.717) is 19.6 Å². The highest BCUT2D eigenvalue weighted by Crippen LogP contribution is 2.14. The third-order valence-electron chi connectivity index (χ3n) is 4.18. The van der Waals surface area contributed by atoms with Crippen molar-refractivity contribution in [1.29, 1.82) is 0 Å². The summed E-state index contributed by atoms with van der Waals surface area (Å²) in [6.07, 6.45) is 0.369. The second-order valence-electron chi connectivity index (χ2n) is 6.06. The average molecular weight is 345 g/mol. The molecule has 1 amide bonds. The third-order valence-corrected chi connectivity index (χ3v) is 5.11.